The van der Waals surface area contributed by atoms with Crippen LogP contribution in [0.25, 0.3) is 0 Å². The summed E-state index contributed by atoms with van der Waals surface area (Å²) in [6.07, 6.45) is 0. The molecule has 0 heterocycles. The van der Waals surface area contributed by atoms with E-state index in [0.717, 1.165) is 0 Å². The maximum atomic E-state index is 9.29. The van der Waals surface area contributed by atoms with Gasteiger partial charge in [-0.1, -0.05) is 0 Å². The van der Waals surface area contributed by atoms with Crippen LogP contribution >= 0.6 is 8.25 Å². The predicted octanol–water partition coefficient (Wildman–Crippen LogP) is -0.694. The van der Waals surface area contributed by atoms with Gasteiger partial charge in [-0.05, 0) is 0 Å². The minimum absolute atomic E-state index is 0.833. The molecular weight excluding hydrogens is 147 g/mol. The molecule has 0 spiro atoms. The maximum absolute atomic E-state index is 9.29. The Balaban J connectivity index is 0. The molecule has 9 heavy (non-hydrogen) atoms. The van der Waals surface area contributed by atoms with Crippen molar-refractivity contribution in [2.24, 2.45) is 11.5 Å². The molecule has 5 N–H and O–H groups in total. The minimum Gasteiger partial charge on any atom is -0.352 e. The fraction of sp³-hybridized carbons (Fsp3) is 0.500. The molecular formula is C2H8N2O4P+. The number of carbonyl (C=O) groups excluding carboxylic acids is 1. The first-order valence-electron chi connectivity index (χ1n) is 1.75. The van der Waals surface area contributed by atoms with Crippen molar-refractivity contribution in [3.63, 3.8) is 0 Å². The monoisotopic (exact) mass is 155 g/mol. The van der Waals surface area contributed by atoms with Crippen molar-refractivity contribution in [2.75, 3.05) is 7.11 Å². The summed E-state index contributed by atoms with van der Waals surface area (Å²) in [5, 5.41) is 0. The Labute approximate surface area is 52.7 Å². The third kappa shape index (κ3) is 123. The van der Waals surface area contributed by atoms with Gasteiger partial charge >= 0.3 is 14.3 Å². The van der Waals surface area contributed by atoms with Gasteiger partial charge in [0.1, 0.15) is 0 Å². The average Bonchev–Trinajstić information content (AvgIpc) is 1.65. The molecule has 0 aromatic carbocycles. The fourth-order valence-corrected chi connectivity index (χ4v) is 0. The normalized spacial score (nSPS) is 8.89. The Hall–Kier alpha value is -0.710. The summed E-state index contributed by atoms with van der Waals surface area (Å²) in [6, 6.07) is -0.833. The van der Waals surface area contributed by atoms with Gasteiger partial charge < -0.3 is 11.5 Å². The molecule has 0 aromatic rings. The van der Waals surface area contributed by atoms with Gasteiger partial charge in [0, 0.05) is 4.57 Å². The van der Waals surface area contributed by atoms with E-state index in [-0.39, 0.29) is 0 Å². The van der Waals surface area contributed by atoms with Gasteiger partial charge in [0.15, 0.2) is 0 Å². The predicted molar refractivity (Wildman–Crippen MR) is 30.6 cm³/mol. The van der Waals surface area contributed by atoms with Crippen molar-refractivity contribution in [1.29, 1.82) is 0 Å². The van der Waals surface area contributed by atoms with E-state index in [9.17, 15) is 4.57 Å². The second kappa shape index (κ2) is 7.29. The van der Waals surface area contributed by atoms with Crippen molar-refractivity contribution in [1.82, 2.24) is 0 Å². The summed E-state index contributed by atoms with van der Waals surface area (Å²) in [4.78, 5) is 16.6. The Kier molecular flexibility index (Phi) is 9.02. The van der Waals surface area contributed by atoms with Gasteiger partial charge in [-0.3, -0.25) is 0 Å². The molecule has 0 rings (SSSR count). The molecule has 0 saturated heterocycles. The van der Waals surface area contributed by atoms with Crippen LogP contribution in [0.2, 0.25) is 0 Å². The van der Waals surface area contributed by atoms with E-state index in [4.69, 9.17) is 9.69 Å². The zero-order valence-electron chi connectivity index (χ0n) is 4.77. The lowest BCUT2D eigenvalue weighted by Gasteiger charge is -1.62. The molecule has 6 nitrogen and oxygen atoms in total. The Bertz CT molecular complexity index is 101. The smallest absolute Gasteiger partial charge is 0.352 e. The zero-order chi connectivity index (χ0) is 7.86. The van der Waals surface area contributed by atoms with E-state index in [2.05, 4.69) is 16.0 Å². The van der Waals surface area contributed by atoms with Crippen LogP contribution in [0, 0.1) is 0 Å². The highest BCUT2D eigenvalue weighted by molar-refractivity contribution is 7.32. The van der Waals surface area contributed by atoms with Crippen molar-refractivity contribution >= 4 is 14.3 Å². The fourth-order valence-electron chi connectivity index (χ4n) is 0. The molecule has 0 aromatic heterocycles. The van der Waals surface area contributed by atoms with Crippen LogP contribution in [0.3, 0.4) is 0 Å². The van der Waals surface area contributed by atoms with Crippen LogP contribution < -0.4 is 11.5 Å². The molecule has 0 saturated carbocycles. The van der Waals surface area contributed by atoms with Crippen molar-refractivity contribution in [3.05, 3.63) is 0 Å². The number of amides is 2. The highest BCUT2D eigenvalue weighted by Gasteiger charge is 2.02. The van der Waals surface area contributed by atoms with E-state index in [1.165, 1.54) is 7.11 Å². The molecule has 7 heteroatoms. The number of rotatable bonds is 1. The molecule has 0 aliphatic carbocycles. The Morgan fingerprint density at radius 2 is 1.78 bits per heavy atom. The number of primary amides is 2. The maximum Gasteiger partial charge on any atom is 0.694 e. The highest BCUT2D eigenvalue weighted by atomic mass is 31.1. The second-order valence-corrected chi connectivity index (χ2v) is 1.66. The molecule has 0 radical (unpaired) electrons. The Morgan fingerprint density at radius 3 is 1.78 bits per heavy atom. The number of hydrogen-bond acceptors (Lipinski definition) is 3. The molecule has 1 atom stereocenters. The minimum atomic E-state index is -2.35. The second-order valence-electron chi connectivity index (χ2n) is 0.823. The van der Waals surface area contributed by atoms with E-state index >= 15 is 0 Å². The molecule has 1 unspecified atom stereocenters. The van der Waals surface area contributed by atoms with Gasteiger partial charge in [-0.15, -0.1) is 9.42 Å². The molecule has 0 aliphatic heterocycles. The average molecular weight is 155 g/mol. The lowest BCUT2D eigenvalue weighted by atomic mass is 11.2. The van der Waals surface area contributed by atoms with Gasteiger partial charge in [0.25, 0.3) is 0 Å². The first-order chi connectivity index (χ1) is 4.00. The van der Waals surface area contributed by atoms with Gasteiger partial charge in [-0.2, -0.15) is 0 Å². The quantitative estimate of drug-likeness (QED) is 0.434. The standard InChI is InChI=1S/CH4N2O.CH3O3P/c2-1(3)4;1-4-5(2)3/h(H4,2,3,4);1H3/p+1. The molecule has 0 bridgehead atoms. The van der Waals surface area contributed by atoms with Gasteiger partial charge in [-0.25, -0.2) is 4.79 Å². The number of hydrogen-bond donors (Lipinski definition) is 3. The van der Waals surface area contributed by atoms with Gasteiger partial charge in [0.2, 0.25) is 0 Å². The summed E-state index contributed by atoms with van der Waals surface area (Å²) in [7, 11) is -1.18. The summed E-state index contributed by atoms with van der Waals surface area (Å²) in [6.45, 7) is 0. The summed E-state index contributed by atoms with van der Waals surface area (Å²) < 4.78 is 13.1. The number of urea groups is 1. The highest BCUT2D eigenvalue weighted by Crippen LogP contribution is 2.09. The molecule has 0 aliphatic rings. The lowest BCUT2D eigenvalue weighted by Crippen LogP contribution is -2.18. The first-order valence-corrected chi connectivity index (χ1v) is 2.89. The van der Waals surface area contributed by atoms with Crippen LogP contribution in [0.4, 0.5) is 4.79 Å². The van der Waals surface area contributed by atoms with Crippen molar-refractivity contribution in [3.8, 4) is 0 Å². The van der Waals surface area contributed by atoms with E-state index < -0.39 is 14.3 Å². The molecule has 2 amide bonds. The van der Waals surface area contributed by atoms with Gasteiger partial charge in [0.05, 0.1) is 7.11 Å². The number of carbonyl (C=O) groups is 1. The molecule has 54 valence electrons. The van der Waals surface area contributed by atoms with Crippen molar-refractivity contribution < 1.29 is 18.8 Å². The largest absolute Gasteiger partial charge is 0.694 e. The third-order valence-corrected chi connectivity index (χ3v) is 0.469. The first kappa shape index (κ1) is 11.1. The van der Waals surface area contributed by atoms with E-state index in [1.54, 1.807) is 0 Å². The molecule has 0 fully saturated rings. The summed E-state index contributed by atoms with van der Waals surface area (Å²) in [5.41, 5.74) is 8.50. The van der Waals surface area contributed by atoms with Crippen LogP contribution in [-0.2, 0) is 9.09 Å². The van der Waals surface area contributed by atoms with E-state index in [1.807, 2.05) is 0 Å². The van der Waals surface area contributed by atoms with Crippen molar-refractivity contribution in [2.45, 2.75) is 0 Å². The summed E-state index contributed by atoms with van der Waals surface area (Å²) >= 11 is 0. The van der Waals surface area contributed by atoms with Crippen LogP contribution in [0.1, 0.15) is 0 Å². The summed E-state index contributed by atoms with van der Waals surface area (Å²) in [5.74, 6) is 0. The third-order valence-electron chi connectivity index (χ3n) is 0.156. The van der Waals surface area contributed by atoms with E-state index in [0.29, 0.717) is 0 Å². The van der Waals surface area contributed by atoms with Crippen LogP contribution in [-0.4, -0.2) is 18.0 Å². The SMILES string of the molecule is CO[P+](=O)O.NC(N)=O. The van der Waals surface area contributed by atoms with Crippen LogP contribution in [0.5, 0.6) is 0 Å². The number of nitrogens with two attached hydrogens (primary N) is 2. The topological polar surface area (TPSA) is 116 Å². The Morgan fingerprint density at radius 1 is 1.67 bits per heavy atom. The zero-order valence-corrected chi connectivity index (χ0v) is 5.67. The van der Waals surface area contributed by atoms with Crippen LogP contribution in [0.15, 0.2) is 0 Å². The lowest BCUT2D eigenvalue weighted by molar-refractivity contribution is 0.256.